The maximum absolute atomic E-state index is 14.0. The Balaban J connectivity index is 1.71. The highest BCUT2D eigenvalue weighted by Crippen LogP contribution is 2.40. The molecule has 0 unspecified atom stereocenters. The van der Waals surface area contributed by atoms with Crippen molar-refractivity contribution in [3.8, 4) is 0 Å². The van der Waals surface area contributed by atoms with Crippen LogP contribution in [0.1, 0.15) is 113 Å². The molecule has 0 spiro atoms. The minimum absolute atomic E-state index is 0.117. The van der Waals surface area contributed by atoms with Gasteiger partial charge in [-0.1, -0.05) is 39.8 Å². The number of hydrogen-bond donors (Lipinski definition) is 2. The number of nitrogens with one attached hydrogen (secondary N) is 2. The van der Waals surface area contributed by atoms with Gasteiger partial charge in [0, 0.05) is 35.9 Å². The van der Waals surface area contributed by atoms with Crippen molar-refractivity contribution in [1.29, 1.82) is 0 Å². The highest BCUT2D eigenvalue weighted by Gasteiger charge is 2.44. The summed E-state index contributed by atoms with van der Waals surface area (Å²) in [5, 5.41) is 11.1. The van der Waals surface area contributed by atoms with Crippen LogP contribution in [-0.4, -0.2) is 73.3 Å². The van der Waals surface area contributed by atoms with Gasteiger partial charge in [-0.05, 0) is 103 Å². The van der Waals surface area contributed by atoms with Gasteiger partial charge < -0.3 is 25.0 Å². The molecule has 1 aliphatic heterocycles. The number of carbonyl (C=O) groups is 3. The number of halogens is 1. The summed E-state index contributed by atoms with van der Waals surface area (Å²) in [6.07, 6.45) is 2.74. The SMILES string of the molecule is CC(C)c1cnn2c(N(Cc3cccc(NC(=O)CCl)c3)C(=O)OC(C)(C)C)cc(NCC(C)(C)[C@@H]3CCC(C)(C)N(C(=O)OC(C)(C)C)C3)nc12. The van der Waals surface area contributed by atoms with E-state index in [0.717, 1.165) is 24.0 Å². The molecule has 2 N–H and O–H groups in total. The summed E-state index contributed by atoms with van der Waals surface area (Å²) < 4.78 is 13.4. The lowest BCUT2D eigenvalue weighted by atomic mass is 9.71. The van der Waals surface area contributed by atoms with E-state index in [-0.39, 0.29) is 47.2 Å². The van der Waals surface area contributed by atoms with Crippen molar-refractivity contribution in [3.63, 3.8) is 0 Å². The molecule has 1 saturated heterocycles. The monoisotopic (exact) mass is 739 g/mol. The molecule has 1 atom stereocenters. The number of fused-ring (bicyclic) bond motifs is 1. The number of rotatable bonds is 10. The minimum atomic E-state index is -0.766. The number of amides is 3. The largest absolute Gasteiger partial charge is 0.444 e. The van der Waals surface area contributed by atoms with Gasteiger partial charge in [-0.3, -0.25) is 9.69 Å². The number of likely N-dealkylation sites (tertiary alicyclic amines) is 1. The van der Waals surface area contributed by atoms with Crippen molar-refractivity contribution in [3.05, 3.63) is 47.7 Å². The Kier molecular flexibility index (Phi) is 12.1. The summed E-state index contributed by atoms with van der Waals surface area (Å²) in [4.78, 5) is 47.8. The van der Waals surface area contributed by atoms with Gasteiger partial charge in [0.1, 0.15) is 28.7 Å². The predicted molar refractivity (Wildman–Crippen MR) is 207 cm³/mol. The van der Waals surface area contributed by atoms with Crippen LogP contribution in [-0.2, 0) is 20.8 Å². The highest BCUT2D eigenvalue weighted by molar-refractivity contribution is 6.29. The van der Waals surface area contributed by atoms with Gasteiger partial charge in [0.05, 0.1) is 12.7 Å². The third-order valence-electron chi connectivity index (χ3n) is 9.35. The molecule has 286 valence electrons. The first kappa shape index (κ1) is 40.7. The number of anilines is 3. The molecule has 52 heavy (non-hydrogen) atoms. The number of alkyl halides is 1. The van der Waals surface area contributed by atoms with Crippen molar-refractivity contribution in [2.75, 3.05) is 34.5 Å². The Labute approximate surface area is 313 Å². The van der Waals surface area contributed by atoms with E-state index in [1.165, 1.54) is 4.90 Å². The summed E-state index contributed by atoms with van der Waals surface area (Å²) >= 11 is 5.73. The van der Waals surface area contributed by atoms with Crippen molar-refractivity contribution < 1.29 is 23.9 Å². The Morgan fingerprint density at radius 1 is 1.04 bits per heavy atom. The summed E-state index contributed by atoms with van der Waals surface area (Å²) in [7, 11) is 0. The molecule has 0 radical (unpaired) electrons. The van der Waals surface area contributed by atoms with E-state index >= 15 is 0 Å². The fourth-order valence-corrected chi connectivity index (χ4v) is 6.36. The van der Waals surface area contributed by atoms with Crippen LogP contribution in [0.5, 0.6) is 0 Å². The third-order valence-corrected chi connectivity index (χ3v) is 9.59. The van der Waals surface area contributed by atoms with E-state index in [0.29, 0.717) is 36.1 Å². The second-order valence-electron chi connectivity index (χ2n) is 17.4. The van der Waals surface area contributed by atoms with Gasteiger partial charge in [-0.2, -0.15) is 9.61 Å². The molecule has 4 rings (SSSR count). The predicted octanol–water partition coefficient (Wildman–Crippen LogP) is 8.84. The van der Waals surface area contributed by atoms with Crippen LogP contribution in [0.4, 0.5) is 26.9 Å². The molecular formula is C39H58ClN7O5. The number of hydrogen-bond acceptors (Lipinski definition) is 8. The van der Waals surface area contributed by atoms with E-state index in [4.69, 9.17) is 31.2 Å². The van der Waals surface area contributed by atoms with E-state index in [2.05, 4.69) is 52.2 Å². The molecule has 12 nitrogen and oxygen atoms in total. The smallest absolute Gasteiger partial charge is 0.416 e. The average Bonchev–Trinajstić information content (AvgIpc) is 3.45. The molecule has 13 heteroatoms. The molecule has 0 aliphatic carbocycles. The van der Waals surface area contributed by atoms with Crippen LogP contribution >= 0.6 is 11.6 Å². The molecule has 1 aromatic carbocycles. The molecule has 2 aromatic heterocycles. The van der Waals surface area contributed by atoms with Gasteiger partial charge in [0.15, 0.2) is 5.65 Å². The first-order chi connectivity index (χ1) is 24.0. The third kappa shape index (κ3) is 10.3. The normalized spacial score (nSPS) is 16.5. The fourth-order valence-electron chi connectivity index (χ4n) is 6.30. The Hall–Kier alpha value is -4.06. The molecule has 0 bridgehead atoms. The molecule has 3 heterocycles. The summed E-state index contributed by atoms with van der Waals surface area (Å²) in [5.41, 5.74) is 0.959. The van der Waals surface area contributed by atoms with Gasteiger partial charge in [0.2, 0.25) is 5.91 Å². The van der Waals surface area contributed by atoms with Gasteiger partial charge >= 0.3 is 12.2 Å². The molecule has 0 saturated carbocycles. The van der Waals surface area contributed by atoms with E-state index < -0.39 is 17.3 Å². The van der Waals surface area contributed by atoms with Gasteiger partial charge in [-0.15, -0.1) is 11.6 Å². The lowest BCUT2D eigenvalue weighted by Crippen LogP contribution is -2.57. The zero-order valence-corrected chi connectivity index (χ0v) is 33.8. The zero-order valence-electron chi connectivity index (χ0n) is 33.0. The van der Waals surface area contributed by atoms with Gasteiger partial charge in [-0.25, -0.2) is 14.6 Å². The number of carbonyl (C=O) groups excluding carboxylic acids is 3. The number of nitrogens with zero attached hydrogens (tertiary/aromatic N) is 5. The van der Waals surface area contributed by atoms with Crippen LogP contribution < -0.4 is 15.5 Å². The van der Waals surface area contributed by atoms with Crippen LogP contribution in [0.15, 0.2) is 36.5 Å². The lowest BCUT2D eigenvalue weighted by Gasteiger charge is -2.49. The lowest BCUT2D eigenvalue weighted by molar-refractivity contribution is -0.113. The topological polar surface area (TPSA) is 130 Å². The van der Waals surface area contributed by atoms with E-state index in [1.807, 2.05) is 64.6 Å². The number of benzene rings is 1. The molecule has 3 aromatic rings. The van der Waals surface area contributed by atoms with E-state index in [9.17, 15) is 14.4 Å². The fraction of sp³-hybridized carbons (Fsp3) is 0.615. The quantitative estimate of drug-likeness (QED) is 0.197. The highest BCUT2D eigenvalue weighted by atomic mass is 35.5. The molecular weight excluding hydrogens is 682 g/mol. The van der Waals surface area contributed by atoms with Crippen LogP contribution in [0.3, 0.4) is 0 Å². The number of piperidine rings is 1. The van der Waals surface area contributed by atoms with Crippen molar-refractivity contribution in [1.82, 2.24) is 19.5 Å². The first-order valence-corrected chi connectivity index (χ1v) is 18.6. The van der Waals surface area contributed by atoms with Crippen molar-refractivity contribution >= 4 is 52.7 Å². The van der Waals surface area contributed by atoms with Crippen LogP contribution in [0.25, 0.3) is 5.65 Å². The second kappa shape index (κ2) is 15.5. The molecule has 1 fully saturated rings. The Bertz CT molecular complexity index is 1760. The second-order valence-corrected chi connectivity index (χ2v) is 17.7. The molecule has 3 amide bonds. The summed E-state index contributed by atoms with van der Waals surface area (Å²) in [6, 6.07) is 9.08. The zero-order chi connectivity index (χ0) is 38.8. The van der Waals surface area contributed by atoms with E-state index in [1.54, 1.807) is 22.8 Å². The minimum Gasteiger partial charge on any atom is -0.444 e. The van der Waals surface area contributed by atoms with Gasteiger partial charge in [0.25, 0.3) is 0 Å². The summed E-state index contributed by atoms with van der Waals surface area (Å²) in [5.74, 6) is 0.853. The van der Waals surface area contributed by atoms with Crippen molar-refractivity contribution in [2.24, 2.45) is 11.3 Å². The maximum Gasteiger partial charge on any atom is 0.416 e. The van der Waals surface area contributed by atoms with Crippen molar-refractivity contribution in [2.45, 2.75) is 125 Å². The number of aromatic nitrogens is 3. The molecule has 1 aliphatic rings. The Morgan fingerprint density at radius 2 is 1.71 bits per heavy atom. The maximum atomic E-state index is 14.0. The first-order valence-electron chi connectivity index (χ1n) is 18.1. The number of ether oxygens (including phenoxy) is 2. The standard InChI is InChI=1S/C39H58ClN7O5/c1-25(2)29-21-42-47-32(45(34(49)51-36(3,4)5)22-26-14-13-15-28(18-26)43-31(48)20-40)19-30(44-33(29)47)41-24-38(9,10)27-16-17-39(11,12)46(23-27)35(50)52-37(6,7)8/h13-15,18-19,21,25,27H,16-17,20,22-24H2,1-12H3,(H,41,44)(H,43,48)/t27-/m1/s1. The van der Waals surface area contributed by atoms with Crippen LogP contribution in [0.2, 0.25) is 0 Å². The average molecular weight is 740 g/mol. The Morgan fingerprint density at radius 3 is 2.33 bits per heavy atom. The summed E-state index contributed by atoms with van der Waals surface area (Å²) in [6.45, 7) is 25.2. The van der Waals surface area contributed by atoms with Crippen LogP contribution in [0, 0.1) is 11.3 Å².